The van der Waals surface area contributed by atoms with Crippen LogP contribution in [0.5, 0.6) is 0 Å². The fourth-order valence-corrected chi connectivity index (χ4v) is 5.02. The number of nitrogens with zero attached hydrogens (tertiary/aromatic N) is 1. The number of rotatable bonds is 5. The van der Waals surface area contributed by atoms with E-state index in [1.54, 1.807) is 0 Å². The normalized spacial score (nSPS) is 16.3. The van der Waals surface area contributed by atoms with Crippen LogP contribution in [0.3, 0.4) is 0 Å². The SMILES string of the molecule is O=C(Nc1ccccc1Br)C1CCN(S(=O)(=O)Cc2ccccc2)CC1. The molecule has 0 unspecified atom stereocenters. The van der Waals surface area contributed by atoms with Crippen molar-refractivity contribution in [1.29, 1.82) is 0 Å². The molecule has 26 heavy (non-hydrogen) atoms. The summed E-state index contributed by atoms with van der Waals surface area (Å²) in [6, 6.07) is 16.6. The molecule has 1 heterocycles. The van der Waals surface area contributed by atoms with Crippen molar-refractivity contribution >= 4 is 37.5 Å². The third kappa shape index (κ3) is 4.72. The molecular weight excluding hydrogens is 416 g/mol. The van der Waals surface area contributed by atoms with E-state index in [1.165, 1.54) is 4.31 Å². The number of sulfonamides is 1. The molecule has 138 valence electrons. The summed E-state index contributed by atoms with van der Waals surface area (Å²) in [7, 11) is -3.36. The molecule has 0 spiro atoms. The van der Waals surface area contributed by atoms with Crippen LogP contribution in [-0.2, 0) is 20.6 Å². The highest BCUT2D eigenvalue weighted by Crippen LogP contribution is 2.26. The molecule has 2 aromatic rings. The van der Waals surface area contributed by atoms with Gasteiger partial charge in [0, 0.05) is 23.5 Å². The topological polar surface area (TPSA) is 66.5 Å². The Morgan fingerprint density at radius 3 is 2.31 bits per heavy atom. The largest absolute Gasteiger partial charge is 0.325 e. The lowest BCUT2D eigenvalue weighted by Gasteiger charge is -2.30. The lowest BCUT2D eigenvalue weighted by Crippen LogP contribution is -2.41. The van der Waals surface area contributed by atoms with Gasteiger partial charge < -0.3 is 5.32 Å². The zero-order valence-electron chi connectivity index (χ0n) is 14.3. The Kier molecular flexibility index (Phi) is 6.11. The summed E-state index contributed by atoms with van der Waals surface area (Å²) in [5, 5.41) is 2.92. The highest BCUT2D eigenvalue weighted by Gasteiger charge is 2.31. The number of hydrogen-bond acceptors (Lipinski definition) is 3. The molecule has 0 aliphatic carbocycles. The molecular formula is C19H21BrN2O3S. The smallest absolute Gasteiger partial charge is 0.227 e. The quantitative estimate of drug-likeness (QED) is 0.777. The second-order valence-electron chi connectivity index (χ2n) is 6.38. The zero-order chi connectivity index (χ0) is 18.6. The van der Waals surface area contributed by atoms with Crippen molar-refractivity contribution in [2.24, 2.45) is 5.92 Å². The lowest BCUT2D eigenvalue weighted by molar-refractivity contribution is -0.120. The number of para-hydroxylation sites is 1. The van der Waals surface area contributed by atoms with Gasteiger partial charge in [0.2, 0.25) is 15.9 Å². The molecule has 1 saturated heterocycles. The van der Waals surface area contributed by atoms with E-state index in [1.807, 2.05) is 54.6 Å². The highest BCUT2D eigenvalue weighted by molar-refractivity contribution is 9.10. The maximum atomic E-state index is 12.6. The first-order valence-electron chi connectivity index (χ1n) is 8.53. The van der Waals surface area contributed by atoms with Gasteiger partial charge in [-0.15, -0.1) is 0 Å². The molecule has 1 N–H and O–H groups in total. The maximum absolute atomic E-state index is 12.6. The number of anilines is 1. The summed E-state index contributed by atoms with van der Waals surface area (Å²) >= 11 is 3.41. The molecule has 1 aliphatic heterocycles. The van der Waals surface area contributed by atoms with Crippen LogP contribution in [0, 0.1) is 5.92 Å². The summed E-state index contributed by atoms with van der Waals surface area (Å²) in [6.07, 6.45) is 1.06. The Morgan fingerprint density at radius 2 is 1.65 bits per heavy atom. The molecule has 5 nitrogen and oxygen atoms in total. The van der Waals surface area contributed by atoms with Crippen LogP contribution in [0.2, 0.25) is 0 Å². The highest BCUT2D eigenvalue weighted by atomic mass is 79.9. The van der Waals surface area contributed by atoms with E-state index in [0.29, 0.717) is 25.9 Å². The summed E-state index contributed by atoms with van der Waals surface area (Å²) in [4.78, 5) is 12.5. The number of piperidine rings is 1. The first kappa shape index (κ1) is 19.1. The summed E-state index contributed by atoms with van der Waals surface area (Å²) in [5.74, 6) is -0.232. The van der Waals surface area contributed by atoms with Gasteiger partial charge >= 0.3 is 0 Å². The molecule has 0 saturated carbocycles. The van der Waals surface area contributed by atoms with Gasteiger partial charge in [-0.2, -0.15) is 0 Å². The van der Waals surface area contributed by atoms with Crippen LogP contribution >= 0.6 is 15.9 Å². The van der Waals surface area contributed by atoms with Gasteiger partial charge in [-0.1, -0.05) is 42.5 Å². The van der Waals surface area contributed by atoms with E-state index in [0.717, 1.165) is 15.7 Å². The lowest BCUT2D eigenvalue weighted by atomic mass is 9.97. The Hall–Kier alpha value is -1.70. The maximum Gasteiger partial charge on any atom is 0.227 e. The second kappa shape index (κ2) is 8.33. The van der Waals surface area contributed by atoms with Crippen LogP contribution in [0.15, 0.2) is 59.1 Å². The van der Waals surface area contributed by atoms with Gasteiger partial charge in [0.05, 0.1) is 11.4 Å². The van der Waals surface area contributed by atoms with E-state index in [2.05, 4.69) is 21.2 Å². The van der Waals surface area contributed by atoms with E-state index in [4.69, 9.17) is 0 Å². The van der Waals surface area contributed by atoms with Gasteiger partial charge in [0.1, 0.15) is 0 Å². The number of amides is 1. The Morgan fingerprint density at radius 1 is 1.04 bits per heavy atom. The van der Waals surface area contributed by atoms with Crippen molar-refractivity contribution in [2.75, 3.05) is 18.4 Å². The third-order valence-corrected chi connectivity index (χ3v) is 7.08. The van der Waals surface area contributed by atoms with Gasteiger partial charge in [-0.25, -0.2) is 12.7 Å². The van der Waals surface area contributed by atoms with Crippen molar-refractivity contribution in [3.63, 3.8) is 0 Å². The molecule has 0 radical (unpaired) electrons. The van der Waals surface area contributed by atoms with Gasteiger partial charge in [-0.05, 0) is 46.5 Å². The average molecular weight is 437 g/mol. The van der Waals surface area contributed by atoms with Crippen LogP contribution < -0.4 is 5.32 Å². The number of hydrogen-bond donors (Lipinski definition) is 1. The minimum Gasteiger partial charge on any atom is -0.325 e. The molecule has 0 atom stereocenters. The standard InChI is InChI=1S/C19H21BrN2O3S/c20-17-8-4-5-9-18(17)21-19(23)16-10-12-22(13-11-16)26(24,25)14-15-6-2-1-3-7-15/h1-9,16H,10-14H2,(H,21,23). The molecule has 1 aliphatic rings. The third-order valence-electron chi connectivity index (χ3n) is 4.54. The molecule has 7 heteroatoms. The Balaban J connectivity index is 1.57. The number of halogens is 1. The number of carbonyl (C=O) groups is 1. The van der Waals surface area contributed by atoms with Crippen molar-refractivity contribution in [1.82, 2.24) is 4.31 Å². The molecule has 0 aromatic heterocycles. The van der Waals surface area contributed by atoms with Crippen molar-refractivity contribution in [2.45, 2.75) is 18.6 Å². The molecule has 0 bridgehead atoms. The minimum absolute atomic E-state index is 0.00165. The van der Waals surface area contributed by atoms with E-state index >= 15 is 0 Å². The number of nitrogens with one attached hydrogen (secondary N) is 1. The van der Waals surface area contributed by atoms with Crippen LogP contribution in [-0.4, -0.2) is 31.7 Å². The van der Waals surface area contributed by atoms with E-state index in [9.17, 15) is 13.2 Å². The second-order valence-corrected chi connectivity index (χ2v) is 9.21. The monoisotopic (exact) mass is 436 g/mol. The van der Waals surface area contributed by atoms with Gasteiger partial charge in [-0.3, -0.25) is 4.79 Å². The van der Waals surface area contributed by atoms with Crippen molar-refractivity contribution < 1.29 is 13.2 Å². The van der Waals surface area contributed by atoms with Crippen LogP contribution in [0.4, 0.5) is 5.69 Å². The molecule has 1 amide bonds. The Labute approximate surface area is 162 Å². The van der Waals surface area contributed by atoms with Gasteiger partial charge in [0.25, 0.3) is 0 Å². The Bertz CT molecular complexity index is 863. The summed E-state index contributed by atoms with van der Waals surface area (Å²) in [5.41, 5.74) is 1.51. The summed E-state index contributed by atoms with van der Waals surface area (Å²) < 4.78 is 27.5. The van der Waals surface area contributed by atoms with Crippen LogP contribution in [0.1, 0.15) is 18.4 Å². The predicted octanol–water partition coefficient (Wildman–Crippen LogP) is 3.63. The fourth-order valence-electron chi connectivity index (χ4n) is 3.07. The number of carbonyl (C=O) groups excluding carboxylic acids is 1. The zero-order valence-corrected chi connectivity index (χ0v) is 16.7. The molecule has 3 rings (SSSR count). The average Bonchev–Trinajstić information content (AvgIpc) is 2.64. The van der Waals surface area contributed by atoms with Gasteiger partial charge in [0.15, 0.2) is 0 Å². The first-order valence-corrected chi connectivity index (χ1v) is 10.9. The molecule has 1 fully saturated rings. The fraction of sp³-hybridized carbons (Fsp3) is 0.316. The summed E-state index contributed by atoms with van der Waals surface area (Å²) in [6.45, 7) is 0.756. The van der Waals surface area contributed by atoms with Crippen LogP contribution in [0.25, 0.3) is 0 Å². The first-order chi connectivity index (χ1) is 12.5. The van der Waals surface area contributed by atoms with Crippen molar-refractivity contribution in [3.8, 4) is 0 Å². The minimum atomic E-state index is -3.36. The number of benzene rings is 2. The predicted molar refractivity (Wildman–Crippen MR) is 106 cm³/mol. The molecule has 2 aromatic carbocycles. The van der Waals surface area contributed by atoms with Crippen molar-refractivity contribution in [3.05, 3.63) is 64.6 Å². The van der Waals surface area contributed by atoms with E-state index in [-0.39, 0.29) is 17.6 Å². The van der Waals surface area contributed by atoms with E-state index < -0.39 is 10.0 Å².